The molecule has 0 spiro atoms. The highest BCUT2D eigenvalue weighted by Gasteiger charge is 2.48. The predicted octanol–water partition coefficient (Wildman–Crippen LogP) is 5.28. The van der Waals surface area contributed by atoms with E-state index in [0.29, 0.717) is 5.69 Å². The zero-order chi connectivity index (χ0) is 20.7. The van der Waals surface area contributed by atoms with E-state index in [1.165, 1.54) is 10.5 Å². The molecule has 154 valence electrons. The maximum atomic E-state index is 12.9. The summed E-state index contributed by atoms with van der Waals surface area (Å²) in [5.41, 5.74) is 2.79. The van der Waals surface area contributed by atoms with Crippen LogP contribution in [0.25, 0.3) is 10.2 Å². The third-order valence-corrected chi connectivity index (χ3v) is 8.21. The average molecular weight is 439 g/mol. The second-order valence-electron chi connectivity index (χ2n) is 7.78. The summed E-state index contributed by atoms with van der Waals surface area (Å²) in [6, 6.07) is 13.7. The third-order valence-electron chi connectivity index (χ3n) is 5.97. The first-order valence-electron chi connectivity index (χ1n) is 10.2. The number of carbonyl (C=O) groups is 2. The SMILES string of the molecule is COc1ccc(CSc2nc3ccc(N4C(=O)[C@@H]5CCCC[C@H]5C4=O)cc3s2)cc1. The van der Waals surface area contributed by atoms with Gasteiger partial charge in [0.2, 0.25) is 11.8 Å². The Labute approximate surface area is 183 Å². The monoisotopic (exact) mass is 438 g/mol. The summed E-state index contributed by atoms with van der Waals surface area (Å²) >= 11 is 3.29. The molecule has 2 fully saturated rings. The molecule has 1 saturated heterocycles. The average Bonchev–Trinajstić information content (AvgIpc) is 3.30. The number of nitrogens with zero attached hydrogens (tertiary/aromatic N) is 2. The second-order valence-corrected chi connectivity index (χ2v) is 10.0. The van der Waals surface area contributed by atoms with E-state index in [-0.39, 0.29) is 23.7 Å². The Bertz CT molecular complexity index is 1090. The lowest BCUT2D eigenvalue weighted by molar-refractivity contribution is -0.122. The van der Waals surface area contributed by atoms with Crippen molar-refractivity contribution in [3.05, 3.63) is 48.0 Å². The van der Waals surface area contributed by atoms with E-state index in [4.69, 9.17) is 9.72 Å². The minimum atomic E-state index is -0.126. The van der Waals surface area contributed by atoms with Gasteiger partial charge >= 0.3 is 0 Å². The quantitative estimate of drug-likeness (QED) is 0.401. The van der Waals surface area contributed by atoms with Crippen molar-refractivity contribution in [3.8, 4) is 5.75 Å². The molecule has 0 unspecified atom stereocenters. The van der Waals surface area contributed by atoms with Crippen LogP contribution in [-0.2, 0) is 15.3 Å². The number of methoxy groups -OCH3 is 1. The topological polar surface area (TPSA) is 59.5 Å². The van der Waals surface area contributed by atoms with E-state index in [0.717, 1.165) is 51.7 Å². The number of rotatable bonds is 5. The second kappa shape index (κ2) is 8.04. The summed E-state index contributed by atoms with van der Waals surface area (Å²) in [5.74, 6) is 1.37. The van der Waals surface area contributed by atoms with Gasteiger partial charge in [0, 0.05) is 5.75 Å². The fraction of sp³-hybridized carbons (Fsp3) is 0.348. The number of imide groups is 1. The number of carbonyl (C=O) groups excluding carboxylic acids is 2. The van der Waals surface area contributed by atoms with E-state index >= 15 is 0 Å². The van der Waals surface area contributed by atoms with Crippen LogP contribution in [0.1, 0.15) is 31.2 Å². The summed E-state index contributed by atoms with van der Waals surface area (Å²) in [6.45, 7) is 0. The molecule has 1 saturated carbocycles. The number of hydrogen-bond acceptors (Lipinski definition) is 6. The van der Waals surface area contributed by atoms with Crippen LogP contribution in [0, 0.1) is 11.8 Å². The Hall–Kier alpha value is -2.38. The van der Waals surface area contributed by atoms with Gasteiger partial charge in [0.15, 0.2) is 4.34 Å². The van der Waals surface area contributed by atoms with Crippen molar-refractivity contribution in [1.82, 2.24) is 4.98 Å². The minimum Gasteiger partial charge on any atom is -0.497 e. The van der Waals surface area contributed by atoms with Crippen LogP contribution in [0.2, 0.25) is 0 Å². The fourth-order valence-corrected chi connectivity index (χ4v) is 6.43. The molecule has 1 aliphatic heterocycles. The molecule has 0 bridgehead atoms. The number of aromatic nitrogens is 1. The molecule has 2 aromatic carbocycles. The van der Waals surface area contributed by atoms with Gasteiger partial charge in [0.05, 0.1) is 34.8 Å². The van der Waals surface area contributed by atoms with E-state index in [1.54, 1.807) is 30.2 Å². The summed E-state index contributed by atoms with van der Waals surface area (Å²) in [7, 11) is 1.66. The Morgan fingerprint density at radius 1 is 1.07 bits per heavy atom. The molecule has 2 atom stereocenters. The molecule has 0 radical (unpaired) electrons. The molecular weight excluding hydrogens is 416 g/mol. The number of benzene rings is 2. The van der Waals surface area contributed by atoms with Crippen molar-refractivity contribution in [2.75, 3.05) is 12.0 Å². The molecule has 7 heteroatoms. The molecule has 30 heavy (non-hydrogen) atoms. The Morgan fingerprint density at radius 2 is 1.77 bits per heavy atom. The summed E-state index contributed by atoms with van der Waals surface area (Å²) < 4.78 is 7.18. The van der Waals surface area contributed by atoms with Gasteiger partial charge in [-0.05, 0) is 48.7 Å². The zero-order valence-corrected chi connectivity index (χ0v) is 18.3. The number of anilines is 1. The lowest BCUT2D eigenvalue weighted by Crippen LogP contribution is -2.30. The maximum Gasteiger partial charge on any atom is 0.237 e. The van der Waals surface area contributed by atoms with E-state index in [2.05, 4.69) is 12.1 Å². The van der Waals surface area contributed by atoms with Gasteiger partial charge < -0.3 is 4.74 Å². The van der Waals surface area contributed by atoms with Crippen LogP contribution >= 0.6 is 23.1 Å². The molecule has 5 nitrogen and oxygen atoms in total. The van der Waals surface area contributed by atoms with E-state index in [9.17, 15) is 9.59 Å². The first-order valence-corrected chi connectivity index (χ1v) is 12.0. The largest absolute Gasteiger partial charge is 0.497 e. The molecule has 2 amide bonds. The molecule has 5 rings (SSSR count). The van der Waals surface area contributed by atoms with Gasteiger partial charge in [-0.15, -0.1) is 11.3 Å². The number of thioether (sulfide) groups is 1. The maximum absolute atomic E-state index is 12.9. The summed E-state index contributed by atoms with van der Waals surface area (Å²) in [5, 5.41) is 0. The standard InChI is InChI=1S/C23H22N2O3S2/c1-28-16-9-6-14(7-10-16)13-29-23-24-19-11-8-15(12-20(19)30-23)25-21(26)17-4-2-3-5-18(17)22(25)27/h6-12,17-18H,2-5,13H2,1H3/t17-,18-/m1/s1. The highest BCUT2D eigenvalue weighted by atomic mass is 32.2. The molecule has 0 N–H and O–H groups in total. The Kier molecular flexibility index (Phi) is 5.25. The molecule has 1 aliphatic carbocycles. The number of ether oxygens (including phenoxy) is 1. The van der Waals surface area contributed by atoms with Crippen molar-refractivity contribution >= 4 is 50.8 Å². The lowest BCUT2D eigenvalue weighted by Gasteiger charge is -2.19. The summed E-state index contributed by atoms with van der Waals surface area (Å²) in [6.07, 6.45) is 3.74. The fourth-order valence-electron chi connectivity index (χ4n) is 4.38. The Morgan fingerprint density at radius 3 is 2.43 bits per heavy atom. The van der Waals surface area contributed by atoms with Gasteiger partial charge in [0.1, 0.15) is 5.75 Å². The minimum absolute atomic E-state index is 0.0253. The van der Waals surface area contributed by atoms with Crippen molar-refractivity contribution in [3.63, 3.8) is 0 Å². The van der Waals surface area contributed by atoms with Crippen LogP contribution in [-0.4, -0.2) is 23.9 Å². The van der Waals surface area contributed by atoms with Crippen molar-refractivity contribution in [2.24, 2.45) is 11.8 Å². The molecular formula is C23H22N2O3S2. The summed E-state index contributed by atoms with van der Waals surface area (Å²) in [4.78, 5) is 31.9. The first kappa shape index (κ1) is 19.6. The molecule has 2 heterocycles. The van der Waals surface area contributed by atoms with Gasteiger partial charge in [-0.1, -0.05) is 36.7 Å². The van der Waals surface area contributed by atoms with Gasteiger partial charge in [-0.2, -0.15) is 0 Å². The van der Waals surface area contributed by atoms with Crippen LogP contribution in [0.15, 0.2) is 46.8 Å². The number of hydrogen-bond donors (Lipinski definition) is 0. The lowest BCUT2D eigenvalue weighted by atomic mass is 9.81. The van der Waals surface area contributed by atoms with Crippen molar-refractivity contribution < 1.29 is 14.3 Å². The van der Waals surface area contributed by atoms with E-state index in [1.807, 2.05) is 30.3 Å². The Balaban J connectivity index is 1.35. The van der Waals surface area contributed by atoms with Crippen LogP contribution < -0.4 is 9.64 Å². The number of amides is 2. The van der Waals surface area contributed by atoms with Gasteiger partial charge in [0.25, 0.3) is 0 Å². The normalized spacial score (nSPS) is 21.3. The molecule has 2 aliphatic rings. The number of fused-ring (bicyclic) bond motifs is 2. The first-order chi connectivity index (χ1) is 14.6. The van der Waals surface area contributed by atoms with E-state index < -0.39 is 0 Å². The van der Waals surface area contributed by atoms with Crippen LogP contribution in [0.4, 0.5) is 5.69 Å². The molecule has 3 aromatic rings. The van der Waals surface area contributed by atoms with Crippen LogP contribution in [0.5, 0.6) is 5.75 Å². The van der Waals surface area contributed by atoms with Gasteiger partial charge in [-0.25, -0.2) is 4.98 Å². The molecule has 1 aromatic heterocycles. The predicted molar refractivity (Wildman–Crippen MR) is 120 cm³/mol. The highest BCUT2D eigenvalue weighted by molar-refractivity contribution is 8.00. The zero-order valence-electron chi connectivity index (χ0n) is 16.7. The highest BCUT2D eigenvalue weighted by Crippen LogP contribution is 2.41. The van der Waals surface area contributed by atoms with Crippen molar-refractivity contribution in [2.45, 2.75) is 35.8 Å². The smallest absolute Gasteiger partial charge is 0.237 e. The van der Waals surface area contributed by atoms with Gasteiger partial charge in [-0.3, -0.25) is 14.5 Å². The van der Waals surface area contributed by atoms with Crippen molar-refractivity contribution in [1.29, 1.82) is 0 Å². The third kappa shape index (κ3) is 3.50. The number of thiazole rings is 1. The van der Waals surface area contributed by atoms with Crippen LogP contribution in [0.3, 0.4) is 0 Å².